The maximum absolute atomic E-state index is 12.8. The second-order valence-electron chi connectivity index (χ2n) is 7.00. The topological polar surface area (TPSA) is 70.7 Å². The van der Waals surface area contributed by atoms with Gasteiger partial charge >= 0.3 is 0 Å². The summed E-state index contributed by atoms with van der Waals surface area (Å²) in [6, 6.07) is 13.7. The molecule has 2 N–H and O–H groups in total. The summed E-state index contributed by atoms with van der Waals surface area (Å²) in [5.41, 5.74) is 2.89. The van der Waals surface area contributed by atoms with Crippen molar-refractivity contribution < 1.29 is 14.3 Å². The maximum Gasteiger partial charge on any atom is 0.254 e. The van der Waals surface area contributed by atoms with E-state index in [1.807, 2.05) is 42.7 Å². The summed E-state index contributed by atoms with van der Waals surface area (Å²) in [4.78, 5) is 25.3. The molecule has 28 heavy (non-hydrogen) atoms. The predicted octanol–water partition coefficient (Wildman–Crippen LogP) is 2.26. The molecule has 1 fully saturated rings. The average molecular weight is 398 g/mol. The Hall–Kier alpha value is -2.51. The first-order valence-electron chi connectivity index (χ1n) is 9.28. The Balaban J connectivity index is 1.66. The van der Waals surface area contributed by atoms with Gasteiger partial charge in [0, 0.05) is 37.2 Å². The van der Waals surface area contributed by atoms with Gasteiger partial charge in [0.1, 0.15) is 5.75 Å². The van der Waals surface area contributed by atoms with E-state index in [-0.39, 0.29) is 23.8 Å². The fourth-order valence-electron chi connectivity index (χ4n) is 3.67. The lowest BCUT2D eigenvalue weighted by Gasteiger charge is -2.37. The summed E-state index contributed by atoms with van der Waals surface area (Å²) in [6.45, 7) is 2.12. The van der Waals surface area contributed by atoms with E-state index in [9.17, 15) is 9.59 Å². The van der Waals surface area contributed by atoms with Crippen LogP contribution in [0.25, 0.3) is 0 Å². The third-order valence-corrected chi connectivity index (χ3v) is 6.08. The van der Waals surface area contributed by atoms with Gasteiger partial charge in [-0.15, -0.1) is 0 Å². The highest BCUT2D eigenvalue weighted by atomic mass is 32.2. The van der Waals surface area contributed by atoms with Crippen LogP contribution in [0.2, 0.25) is 0 Å². The van der Waals surface area contributed by atoms with Crippen LogP contribution >= 0.6 is 11.9 Å². The molecule has 146 valence electrons. The standard InChI is InChI=1S/C21H23N3O3S/c1-22-21(26)17-9-14(20(25)23-15-10-24(11-15)28-2)8-16-18(12-27-19(16)17)13-6-4-3-5-7-13/h3-9,15,18H,10-12H2,1-2H3,(H,22,26)(H,23,25). The van der Waals surface area contributed by atoms with Gasteiger partial charge in [-0.05, 0) is 24.0 Å². The summed E-state index contributed by atoms with van der Waals surface area (Å²) >= 11 is 1.67. The molecular weight excluding hydrogens is 374 g/mol. The van der Waals surface area contributed by atoms with Gasteiger partial charge in [-0.3, -0.25) is 9.59 Å². The minimum atomic E-state index is -0.253. The number of carbonyl (C=O) groups excluding carboxylic acids is 2. The largest absolute Gasteiger partial charge is 0.491 e. The third-order valence-electron chi connectivity index (χ3n) is 5.26. The zero-order valence-electron chi connectivity index (χ0n) is 15.9. The Labute approximate surface area is 168 Å². The van der Waals surface area contributed by atoms with E-state index in [1.165, 1.54) is 0 Å². The number of carbonyl (C=O) groups is 2. The molecule has 4 rings (SSSR count). The number of hydrogen-bond donors (Lipinski definition) is 2. The minimum Gasteiger partial charge on any atom is -0.491 e. The quantitative estimate of drug-likeness (QED) is 0.758. The van der Waals surface area contributed by atoms with Crippen molar-refractivity contribution >= 4 is 23.8 Å². The van der Waals surface area contributed by atoms with Gasteiger partial charge in [0.25, 0.3) is 11.8 Å². The lowest BCUT2D eigenvalue weighted by atomic mass is 9.90. The molecule has 0 radical (unpaired) electrons. The first kappa shape index (κ1) is 18.8. The maximum atomic E-state index is 12.8. The number of hydrogen-bond acceptors (Lipinski definition) is 5. The predicted molar refractivity (Wildman–Crippen MR) is 110 cm³/mol. The molecule has 1 unspecified atom stereocenters. The van der Waals surface area contributed by atoms with E-state index in [4.69, 9.17) is 4.74 Å². The number of benzene rings is 2. The Morgan fingerprint density at radius 1 is 1.14 bits per heavy atom. The molecule has 0 bridgehead atoms. The smallest absolute Gasteiger partial charge is 0.254 e. The Bertz CT molecular complexity index is 897. The number of nitrogens with one attached hydrogen (secondary N) is 2. The zero-order chi connectivity index (χ0) is 19.7. The zero-order valence-corrected chi connectivity index (χ0v) is 16.7. The molecule has 2 amide bonds. The number of amides is 2. The molecule has 0 aliphatic carbocycles. The first-order valence-corrected chi connectivity index (χ1v) is 10.5. The molecule has 2 aliphatic rings. The molecule has 1 saturated heterocycles. The molecule has 1 atom stereocenters. The van der Waals surface area contributed by atoms with Crippen molar-refractivity contribution in [2.24, 2.45) is 0 Å². The number of ether oxygens (including phenoxy) is 1. The van der Waals surface area contributed by atoms with Gasteiger partial charge in [-0.2, -0.15) is 0 Å². The van der Waals surface area contributed by atoms with Crippen LogP contribution in [0.1, 0.15) is 37.8 Å². The van der Waals surface area contributed by atoms with Gasteiger partial charge in [-0.1, -0.05) is 42.3 Å². The molecule has 2 heterocycles. The molecular formula is C21H23N3O3S. The van der Waals surface area contributed by atoms with Crippen molar-refractivity contribution in [3.8, 4) is 5.75 Å². The van der Waals surface area contributed by atoms with Gasteiger partial charge in [0.05, 0.1) is 18.2 Å². The van der Waals surface area contributed by atoms with Crippen molar-refractivity contribution in [1.29, 1.82) is 0 Å². The highest BCUT2D eigenvalue weighted by Gasteiger charge is 2.33. The van der Waals surface area contributed by atoms with E-state index >= 15 is 0 Å². The summed E-state index contributed by atoms with van der Waals surface area (Å²) in [5.74, 6) is 0.166. The van der Waals surface area contributed by atoms with Crippen molar-refractivity contribution in [2.45, 2.75) is 12.0 Å². The molecule has 2 aliphatic heterocycles. The van der Waals surface area contributed by atoms with Crippen molar-refractivity contribution in [1.82, 2.24) is 14.9 Å². The van der Waals surface area contributed by atoms with E-state index in [1.54, 1.807) is 25.1 Å². The van der Waals surface area contributed by atoms with Crippen LogP contribution in [-0.2, 0) is 0 Å². The molecule has 2 aromatic carbocycles. The molecule has 0 spiro atoms. The van der Waals surface area contributed by atoms with Gasteiger partial charge in [-0.25, -0.2) is 4.31 Å². The first-order chi connectivity index (χ1) is 13.6. The van der Waals surface area contributed by atoms with Crippen LogP contribution in [0.5, 0.6) is 5.75 Å². The summed E-state index contributed by atoms with van der Waals surface area (Å²) in [6.07, 6.45) is 2.03. The number of nitrogens with zero attached hydrogens (tertiary/aromatic N) is 1. The molecule has 0 aromatic heterocycles. The van der Waals surface area contributed by atoms with Crippen molar-refractivity contribution in [2.75, 3.05) is 33.0 Å². The number of fused-ring (bicyclic) bond motifs is 1. The Morgan fingerprint density at radius 3 is 2.57 bits per heavy atom. The van der Waals surface area contributed by atoms with Gasteiger partial charge in [0.2, 0.25) is 0 Å². The monoisotopic (exact) mass is 397 g/mol. The highest BCUT2D eigenvalue weighted by Crippen LogP contribution is 2.41. The van der Waals surface area contributed by atoms with E-state index in [0.717, 1.165) is 24.2 Å². The van der Waals surface area contributed by atoms with Crippen molar-refractivity contribution in [3.05, 3.63) is 64.7 Å². The highest BCUT2D eigenvalue weighted by molar-refractivity contribution is 7.96. The molecule has 0 saturated carbocycles. The SMILES string of the molecule is CNC(=O)c1cc(C(=O)NC2CN(SC)C2)cc2c1OCC2c1ccccc1. The summed E-state index contributed by atoms with van der Waals surface area (Å²) < 4.78 is 8.08. The van der Waals surface area contributed by atoms with Crippen LogP contribution in [0.3, 0.4) is 0 Å². The fourth-order valence-corrected chi connectivity index (χ4v) is 4.33. The Kier molecular flexibility index (Phi) is 5.28. The average Bonchev–Trinajstić information content (AvgIpc) is 3.13. The molecule has 6 nitrogen and oxygen atoms in total. The van der Waals surface area contributed by atoms with Gasteiger partial charge < -0.3 is 15.4 Å². The minimum absolute atomic E-state index is 0.00282. The van der Waals surface area contributed by atoms with E-state index in [2.05, 4.69) is 14.9 Å². The van der Waals surface area contributed by atoms with Crippen molar-refractivity contribution in [3.63, 3.8) is 0 Å². The second-order valence-corrected chi connectivity index (χ2v) is 7.88. The Morgan fingerprint density at radius 2 is 1.89 bits per heavy atom. The lowest BCUT2D eigenvalue weighted by molar-refractivity contribution is 0.0901. The van der Waals surface area contributed by atoms with E-state index < -0.39 is 0 Å². The normalized spacial score (nSPS) is 18.7. The van der Waals surface area contributed by atoms with Crippen LogP contribution < -0.4 is 15.4 Å². The van der Waals surface area contributed by atoms with Crippen LogP contribution in [0, 0.1) is 0 Å². The summed E-state index contributed by atoms with van der Waals surface area (Å²) in [5, 5.41) is 5.71. The third kappa shape index (κ3) is 3.47. The van der Waals surface area contributed by atoms with E-state index in [0.29, 0.717) is 23.5 Å². The second kappa shape index (κ2) is 7.85. The van der Waals surface area contributed by atoms with Crippen LogP contribution in [0.4, 0.5) is 0 Å². The lowest BCUT2D eigenvalue weighted by Crippen LogP contribution is -2.56. The summed E-state index contributed by atoms with van der Waals surface area (Å²) in [7, 11) is 1.58. The van der Waals surface area contributed by atoms with Crippen LogP contribution in [-0.4, -0.2) is 55.2 Å². The van der Waals surface area contributed by atoms with Crippen LogP contribution in [0.15, 0.2) is 42.5 Å². The number of rotatable bonds is 5. The molecule has 2 aromatic rings. The molecule has 7 heteroatoms. The van der Waals surface area contributed by atoms with Gasteiger partial charge in [0.15, 0.2) is 0 Å². The fraction of sp³-hybridized carbons (Fsp3) is 0.333.